The molecule has 0 saturated carbocycles. The first-order valence-corrected chi connectivity index (χ1v) is 5.50. The summed E-state index contributed by atoms with van der Waals surface area (Å²) in [4.78, 5) is 3.98. The summed E-state index contributed by atoms with van der Waals surface area (Å²) in [7, 11) is -3.12. The highest BCUT2D eigenvalue weighted by atomic mass is 32.2. The van der Waals surface area contributed by atoms with E-state index < -0.39 is 9.84 Å². The van der Waals surface area contributed by atoms with Crippen LogP contribution < -0.4 is 0 Å². The SMILES string of the molecule is CCc1[c]ncc(S(C)(=O)=O)c1. The van der Waals surface area contributed by atoms with Gasteiger partial charge in [0.1, 0.15) is 0 Å². The van der Waals surface area contributed by atoms with Crippen molar-refractivity contribution >= 4 is 9.84 Å². The molecule has 1 rings (SSSR count). The first-order chi connectivity index (χ1) is 5.54. The van der Waals surface area contributed by atoms with Crippen LogP contribution in [0.3, 0.4) is 0 Å². The predicted molar refractivity (Wildman–Crippen MR) is 45.6 cm³/mol. The Morgan fingerprint density at radius 2 is 2.25 bits per heavy atom. The van der Waals surface area contributed by atoms with Crippen LogP contribution in [-0.4, -0.2) is 19.7 Å². The van der Waals surface area contributed by atoms with Crippen LogP contribution in [0.5, 0.6) is 0 Å². The summed E-state index contributed by atoms with van der Waals surface area (Å²) in [6.07, 6.45) is 5.95. The monoisotopic (exact) mass is 184 g/mol. The fourth-order valence-corrected chi connectivity index (χ4v) is 1.40. The van der Waals surface area contributed by atoms with Gasteiger partial charge in [-0.05, 0) is 18.1 Å². The average molecular weight is 184 g/mol. The van der Waals surface area contributed by atoms with E-state index in [2.05, 4.69) is 11.2 Å². The Morgan fingerprint density at radius 3 is 2.75 bits per heavy atom. The number of hydrogen-bond acceptors (Lipinski definition) is 3. The zero-order valence-corrected chi connectivity index (χ0v) is 7.85. The van der Waals surface area contributed by atoms with Gasteiger partial charge in [-0.25, -0.2) is 8.42 Å². The van der Waals surface area contributed by atoms with Gasteiger partial charge in [0, 0.05) is 12.5 Å². The van der Waals surface area contributed by atoms with Crippen LogP contribution in [0.25, 0.3) is 0 Å². The molecule has 0 fully saturated rings. The molecule has 0 aliphatic rings. The zero-order valence-electron chi connectivity index (χ0n) is 7.03. The highest BCUT2D eigenvalue weighted by molar-refractivity contribution is 7.90. The molecule has 1 radical (unpaired) electrons. The van der Waals surface area contributed by atoms with E-state index in [0.717, 1.165) is 12.0 Å². The lowest BCUT2D eigenvalue weighted by Gasteiger charge is -1.98. The molecule has 1 aromatic rings. The molecule has 0 spiro atoms. The van der Waals surface area contributed by atoms with Gasteiger partial charge in [0.05, 0.1) is 11.1 Å². The molecule has 0 atom stereocenters. The van der Waals surface area contributed by atoms with E-state index in [1.54, 1.807) is 6.07 Å². The number of sulfone groups is 1. The first-order valence-electron chi connectivity index (χ1n) is 3.60. The minimum atomic E-state index is -3.12. The molecule has 0 bridgehead atoms. The van der Waals surface area contributed by atoms with E-state index in [9.17, 15) is 8.42 Å². The van der Waals surface area contributed by atoms with Crippen LogP contribution in [0.1, 0.15) is 12.5 Å². The summed E-state index contributed by atoms with van der Waals surface area (Å²) in [5, 5.41) is 0. The van der Waals surface area contributed by atoms with Crippen molar-refractivity contribution < 1.29 is 8.42 Å². The third kappa shape index (κ3) is 2.04. The second-order valence-electron chi connectivity index (χ2n) is 2.57. The highest BCUT2D eigenvalue weighted by Crippen LogP contribution is 2.08. The Kier molecular flexibility index (Phi) is 2.47. The van der Waals surface area contributed by atoms with E-state index in [-0.39, 0.29) is 4.90 Å². The summed E-state index contributed by atoms with van der Waals surface area (Å²) < 4.78 is 22.1. The lowest BCUT2D eigenvalue weighted by atomic mass is 10.2. The van der Waals surface area contributed by atoms with Crippen molar-refractivity contribution in [2.24, 2.45) is 0 Å². The maximum absolute atomic E-state index is 11.0. The smallest absolute Gasteiger partial charge is 0.177 e. The van der Waals surface area contributed by atoms with E-state index in [1.165, 1.54) is 12.5 Å². The second-order valence-corrected chi connectivity index (χ2v) is 4.58. The Morgan fingerprint density at radius 1 is 1.58 bits per heavy atom. The van der Waals surface area contributed by atoms with E-state index in [0.29, 0.717) is 0 Å². The first kappa shape index (κ1) is 9.19. The number of rotatable bonds is 2. The van der Waals surface area contributed by atoms with Crippen LogP contribution in [0.4, 0.5) is 0 Å². The van der Waals surface area contributed by atoms with Gasteiger partial charge in [-0.2, -0.15) is 0 Å². The van der Waals surface area contributed by atoms with Gasteiger partial charge in [0.2, 0.25) is 0 Å². The zero-order chi connectivity index (χ0) is 9.19. The molecule has 0 amide bonds. The predicted octanol–water partition coefficient (Wildman–Crippen LogP) is 0.848. The van der Waals surface area contributed by atoms with Gasteiger partial charge in [-0.15, -0.1) is 0 Å². The molecule has 0 aliphatic carbocycles. The summed E-state index contributed by atoms with van der Waals surface area (Å²) in [6.45, 7) is 1.93. The van der Waals surface area contributed by atoms with Crippen LogP contribution in [0, 0.1) is 6.20 Å². The third-order valence-corrected chi connectivity index (χ3v) is 2.61. The Balaban J connectivity index is 3.20. The van der Waals surface area contributed by atoms with E-state index in [4.69, 9.17) is 0 Å². The molecule has 65 valence electrons. The van der Waals surface area contributed by atoms with Gasteiger partial charge in [-0.3, -0.25) is 4.98 Å². The number of aromatic nitrogens is 1. The Labute approximate surface area is 72.4 Å². The second kappa shape index (κ2) is 3.23. The number of nitrogens with zero attached hydrogens (tertiary/aromatic N) is 1. The van der Waals surface area contributed by atoms with Crippen molar-refractivity contribution in [2.75, 3.05) is 6.26 Å². The molecule has 0 aromatic carbocycles. The fourth-order valence-electron chi connectivity index (χ4n) is 0.804. The topological polar surface area (TPSA) is 47.0 Å². The average Bonchev–Trinajstić information content (AvgIpc) is 2.03. The largest absolute Gasteiger partial charge is 0.253 e. The molecule has 1 heterocycles. The summed E-state index contributed by atoms with van der Waals surface area (Å²) >= 11 is 0. The highest BCUT2D eigenvalue weighted by Gasteiger charge is 2.07. The molecule has 4 heteroatoms. The third-order valence-electron chi connectivity index (χ3n) is 1.53. The van der Waals surface area contributed by atoms with Crippen molar-refractivity contribution in [1.82, 2.24) is 4.98 Å². The molecular formula is C8H10NO2S. The number of aryl methyl sites for hydroxylation is 1. The lowest BCUT2D eigenvalue weighted by molar-refractivity contribution is 0.601. The van der Waals surface area contributed by atoms with Crippen LogP contribution in [0.15, 0.2) is 17.2 Å². The molecule has 0 aliphatic heterocycles. The van der Waals surface area contributed by atoms with Gasteiger partial charge in [0.15, 0.2) is 9.84 Å². The minimum Gasteiger partial charge on any atom is -0.253 e. The van der Waals surface area contributed by atoms with Crippen molar-refractivity contribution in [2.45, 2.75) is 18.2 Å². The lowest BCUT2D eigenvalue weighted by Crippen LogP contribution is -1.98. The van der Waals surface area contributed by atoms with E-state index >= 15 is 0 Å². The van der Waals surface area contributed by atoms with Gasteiger partial charge >= 0.3 is 0 Å². The van der Waals surface area contributed by atoms with Crippen molar-refractivity contribution in [1.29, 1.82) is 0 Å². The molecular weight excluding hydrogens is 174 g/mol. The molecule has 1 aromatic heterocycles. The van der Waals surface area contributed by atoms with Gasteiger partial charge in [0.25, 0.3) is 0 Å². The van der Waals surface area contributed by atoms with Crippen molar-refractivity contribution in [3.8, 4) is 0 Å². The molecule has 0 unspecified atom stereocenters. The minimum absolute atomic E-state index is 0.262. The van der Waals surface area contributed by atoms with Crippen LogP contribution >= 0.6 is 0 Å². The summed E-state index contributed by atoms with van der Waals surface area (Å²) in [6, 6.07) is 1.60. The molecule has 0 saturated heterocycles. The van der Waals surface area contributed by atoms with Gasteiger partial charge < -0.3 is 0 Å². The fraction of sp³-hybridized carbons (Fsp3) is 0.375. The molecule has 12 heavy (non-hydrogen) atoms. The molecule has 0 N–H and O–H groups in total. The maximum Gasteiger partial charge on any atom is 0.177 e. The van der Waals surface area contributed by atoms with Crippen LogP contribution in [-0.2, 0) is 16.3 Å². The Bertz CT molecular complexity index is 370. The quantitative estimate of drug-likeness (QED) is 0.684. The summed E-state index contributed by atoms with van der Waals surface area (Å²) in [5.41, 5.74) is 0.818. The van der Waals surface area contributed by atoms with Crippen LogP contribution in [0.2, 0.25) is 0 Å². The Hall–Kier alpha value is -0.900. The van der Waals surface area contributed by atoms with Gasteiger partial charge in [-0.1, -0.05) is 6.92 Å². The summed E-state index contributed by atoms with van der Waals surface area (Å²) in [5.74, 6) is 0. The maximum atomic E-state index is 11.0. The number of pyridine rings is 1. The van der Waals surface area contributed by atoms with Crippen molar-refractivity contribution in [3.63, 3.8) is 0 Å². The number of hydrogen-bond donors (Lipinski definition) is 0. The normalized spacial score (nSPS) is 11.5. The molecule has 3 nitrogen and oxygen atoms in total. The standard InChI is InChI=1S/C8H10NO2S/c1-3-7-4-8(6-9-5-7)12(2,10)11/h4,6H,3H2,1-2H3. The van der Waals surface area contributed by atoms with Crippen molar-refractivity contribution in [3.05, 3.63) is 24.0 Å². The van der Waals surface area contributed by atoms with E-state index in [1.807, 2.05) is 6.92 Å².